The molecule has 0 aromatic rings. The third-order valence-corrected chi connectivity index (χ3v) is 5.22. The van der Waals surface area contributed by atoms with Crippen molar-refractivity contribution in [3.05, 3.63) is 48.1 Å². The van der Waals surface area contributed by atoms with Crippen LogP contribution in [0.15, 0.2) is 48.1 Å². The molecule has 6 heteroatoms. The molecule has 0 rings (SSSR count). The van der Waals surface area contributed by atoms with Crippen molar-refractivity contribution in [3.63, 3.8) is 0 Å². The summed E-state index contributed by atoms with van der Waals surface area (Å²) in [6.07, 6.45) is 13.0. The maximum Gasteiger partial charge on any atom is 0.407 e. The van der Waals surface area contributed by atoms with E-state index >= 15 is 0 Å². The van der Waals surface area contributed by atoms with Crippen molar-refractivity contribution in [1.29, 1.82) is 0 Å². The lowest BCUT2D eigenvalue weighted by Crippen LogP contribution is -2.29. The average molecular weight is 466 g/mol. The molecule has 0 aromatic heterocycles. The van der Waals surface area contributed by atoms with Gasteiger partial charge in [0.1, 0.15) is 6.61 Å². The standard InChI is InChI=1S/C27H47NO5/c1-8-17-32-27(30)28-19-23(5)14-12-10-11-13-21(3)18-22(4)15-16-26(24(6)20-29)33-25(7)31-9-2/h8,10-11,13,15,23-26,29H,1,9,12,14,16-20H2,2-7H3,(H,28,30)/b11-10+,21-13+,22-15+/t23-,24-,25?,26-/m0/s1. The monoisotopic (exact) mass is 465 g/mol. The van der Waals surface area contributed by atoms with Crippen LogP contribution in [-0.2, 0) is 14.2 Å². The number of amides is 1. The van der Waals surface area contributed by atoms with Crippen molar-refractivity contribution >= 4 is 6.09 Å². The molecule has 1 unspecified atom stereocenters. The number of carbonyl (C=O) groups is 1. The molecule has 0 aliphatic heterocycles. The van der Waals surface area contributed by atoms with E-state index in [1.807, 2.05) is 20.8 Å². The van der Waals surface area contributed by atoms with Crippen LogP contribution in [0, 0.1) is 11.8 Å². The molecule has 0 radical (unpaired) electrons. The fraction of sp³-hybridized carbons (Fsp3) is 0.667. The van der Waals surface area contributed by atoms with Crippen LogP contribution in [0.3, 0.4) is 0 Å². The van der Waals surface area contributed by atoms with Gasteiger partial charge >= 0.3 is 6.09 Å². The maximum absolute atomic E-state index is 11.4. The Morgan fingerprint density at radius 1 is 1.18 bits per heavy atom. The highest BCUT2D eigenvalue weighted by molar-refractivity contribution is 5.67. The summed E-state index contributed by atoms with van der Waals surface area (Å²) in [4.78, 5) is 11.4. The molecule has 1 amide bonds. The van der Waals surface area contributed by atoms with Gasteiger partial charge in [-0.2, -0.15) is 0 Å². The zero-order valence-electron chi connectivity index (χ0n) is 21.6. The molecule has 0 saturated carbocycles. The highest BCUT2D eigenvalue weighted by atomic mass is 16.7. The molecule has 0 bridgehead atoms. The molecule has 0 aliphatic carbocycles. The summed E-state index contributed by atoms with van der Waals surface area (Å²) in [5.74, 6) is 0.426. The van der Waals surface area contributed by atoms with Gasteiger partial charge in [0.2, 0.25) is 0 Å². The number of aliphatic hydroxyl groups is 1. The minimum absolute atomic E-state index is 0.0481. The number of carbonyl (C=O) groups excluding carboxylic acids is 1. The van der Waals surface area contributed by atoms with Gasteiger partial charge in [-0.15, -0.1) is 0 Å². The first kappa shape index (κ1) is 31.1. The van der Waals surface area contributed by atoms with E-state index in [4.69, 9.17) is 14.2 Å². The highest BCUT2D eigenvalue weighted by Crippen LogP contribution is 2.18. The second-order valence-electron chi connectivity index (χ2n) is 8.71. The zero-order chi connectivity index (χ0) is 25.1. The van der Waals surface area contributed by atoms with Gasteiger partial charge in [-0.05, 0) is 59.3 Å². The Kier molecular flexibility index (Phi) is 18.4. The highest BCUT2D eigenvalue weighted by Gasteiger charge is 2.19. The van der Waals surface area contributed by atoms with Crippen molar-refractivity contribution in [2.24, 2.45) is 11.8 Å². The predicted molar refractivity (Wildman–Crippen MR) is 136 cm³/mol. The normalized spacial score (nSPS) is 16.3. The van der Waals surface area contributed by atoms with E-state index in [9.17, 15) is 9.90 Å². The number of alkyl carbamates (subject to hydrolysis) is 1. The smallest absolute Gasteiger partial charge is 0.407 e. The lowest BCUT2D eigenvalue weighted by atomic mass is 9.99. The molecular weight excluding hydrogens is 418 g/mol. The summed E-state index contributed by atoms with van der Waals surface area (Å²) in [5, 5.41) is 12.3. The molecule has 6 nitrogen and oxygen atoms in total. The minimum Gasteiger partial charge on any atom is -0.445 e. The molecule has 190 valence electrons. The number of nitrogens with one attached hydrogen (secondary N) is 1. The second-order valence-corrected chi connectivity index (χ2v) is 8.71. The Balaban J connectivity index is 4.41. The number of hydrogen-bond donors (Lipinski definition) is 2. The molecule has 0 aromatic carbocycles. The maximum atomic E-state index is 11.4. The third kappa shape index (κ3) is 17.3. The average Bonchev–Trinajstić information content (AvgIpc) is 2.78. The fourth-order valence-corrected chi connectivity index (χ4v) is 3.20. The van der Waals surface area contributed by atoms with Gasteiger partial charge in [-0.25, -0.2) is 4.79 Å². The van der Waals surface area contributed by atoms with E-state index in [0.29, 0.717) is 19.1 Å². The van der Waals surface area contributed by atoms with Crippen LogP contribution in [0.4, 0.5) is 4.79 Å². The topological polar surface area (TPSA) is 77.0 Å². The van der Waals surface area contributed by atoms with E-state index in [2.05, 4.69) is 57.0 Å². The molecule has 2 N–H and O–H groups in total. The molecule has 4 atom stereocenters. The van der Waals surface area contributed by atoms with Crippen LogP contribution < -0.4 is 5.32 Å². The summed E-state index contributed by atoms with van der Waals surface area (Å²) in [7, 11) is 0. The van der Waals surface area contributed by atoms with Crippen molar-refractivity contribution in [2.45, 2.75) is 79.6 Å². The van der Waals surface area contributed by atoms with Crippen LogP contribution in [0.2, 0.25) is 0 Å². The number of rotatable bonds is 18. The van der Waals surface area contributed by atoms with E-state index in [1.54, 1.807) is 6.08 Å². The minimum atomic E-state index is -0.396. The van der Waals surface area contributed by atoms with Crippen molar-refractivity contribution in [2.75, 3.05) is 26.4 Å². The Bertz CT molecular complexity index is 626. The van der Waals surface area contributed by atoms with Gasteiger partial charge in [-0.3, -0.25) is 0 Å². The Morgan fingerprint density at radius 3 is 2.55 bits per heavy atom. The van der Waals surface area contributed by atoms with Gasteiger partial charge in [0, 0.05) is 25.7 Å². The summed E-state index contributed by atoms with van der Waals surface area (Å²) in [5.41, 5.74) is 2.57. The Morgan fingerprint density at radius 2 is 1.91 bits per heavy atom. The van der Waals surface area contributed by atoms with E-state index < -0.39 is 6.09 Å². The Hall–Kier alpha value is -1.89. The van der Waals surface area contributed by atoms with Crippen LogP contribution in [0.25, 0.3) is 0 Å². The van der Waals surface area contributed by atoms with Gasteiger partial charge in [0.05, 0.1) is 6.10 Å². The van der Waals surface area contributed by atoms with E-state index in [-0.39, 0.29) is 31.5 Å². The van der Waals surface area contributed by atoms with Gasteiger partial charge in [-0.1, -0.05) is 62.0 Å². The third-order valence-electron chi connectivity index (χ3n) is 5.22. The molecule has 0 aliphatic rings. The van der Waals surface area contributed by atoms with Gasteiger partial charge < -0.3 is 24.6 Å². The summed E-state index contributed by atoms with van der Waals surface area (Å²) in [6, 6.07) is 0. The van der Waals surface area contributed by atoms with E-state index in [0.717, 1.165) is 25.7 Å². The summed E-state index contributed by atoms with van der Waals surface area (Å²) in [6.45, 7) is 17.2. The number of hydrogen-bond acceptors (Lipinski definition) is 5. The van der Waals surface area contributed by atoms with Gasteiger partial charge in [0.15, 0.2) is 6.29 Å². The molecule has 0 saturated heterocycles. The quantitative estimate of drug-likeness (QED) is 0.149. The van der Waals surface area contributed by atoms with Crippen molar-refractivity contribution in [3.8, 4) is 0 Å². The molecule has 0 heterocycles. The number of aliphatic hydroxyl groups excluding tert-OH is 1. The predicted octanol–water partition coefficient (Wildman–Crippen LogP) is 5.94. The van der Waals surface area contributed by atoms with Crippen molar-refractivity contribution < 1.29 is 24.1 Å². The summed E-state index contributed by atoms with van der Waals surface area (Å²) < 4.78 is 16.4. The lowest BCUT2D eigenvalue weighted by Gasteiger charge is -2.25. The van der Waals surface area contributed by atoms with Crippen LogP contribution in [-0.4, -0.2) is 50.0 Å². The SMILES string of the molecule is C=CCOC(=O)NC[C@@H](C)CC/C=C/C=C(\C)C/C(C)=C/C[C@H](OC(C)OCC)[C@@H](C)CO. The summed E-state index contributed by atoms with van der Waals surface area (Å²) >= 11 is 0. The zero-order valence-corrected chi connectivity index (χ0v) is 21.6. The second kappa shape index (κ2) is 19.6. The lowest BCUT2D eigenvalue weighted by molar-refractivity contribution is -0.170. The van der Waals surface area contributed by atoms with Crippen molar-refractivity contribution in [1.82, 2.24) is 5.32 Å². The Labute approximate surface area is 201 Å². The first-order valence-corrected chi connectivity index (χ1v) is 12.1. The first-order valence-electron chi connectivity index (χ1n) is 12.1. The van der Waals surface area contributed by atoms with E-state index in [1.165, 1.54) is 11.1 Å². The number of allylic oxidation sites excluding steroid dienone is 5. The number of ether oxygens (including phenoxy) is 3. The van der Waals surface area contributed by atoms with Crippen LogP contribution in [0.5, 0.6) is 0 Å². The molecule has 0 fully saturated rings. The molecule has 33 heavy (non-hydrogen) atoms. The largest absolute Gasteiger partial charge is 0.445 e. The molecular formula is C27H47NO5. The fourth-order valence-electron chi connectivity index (χ4n) is 3.20. The molecule has 0 spiro atoms. The first-order chi connectivity index (χ1) is 15.7. The van der Waals surface area contributed by atoms with Gasteiger partial charge in [0.25, 0.3) is 0 Å². The van der Waals surface area contributed by atoms with Crippen LogP contribution >= 0.6 is 0 Å². The van der Waals surface area contributed by atoms with Crippen LogP contribution in [0.1, 0.15) is 67.2 Å².